The highest BCUT2D eigenvalue weighted by atomic mass is 16.5. The molecule has 132 valence electrons. The van der Waals surface area contributed by atoms with E-state index < -0.39 is 5.97 Å². The lowest BCUT2D eigenvalue weighted by molar-refractivity contribution is -0.160. The summed E-state index contributed by atoms with van der Waals surface area (Å²) in [6.07, 6.45) is 2.92. The number of benzene rings is 1. The third-order valence-corrected chi connectivity index (χ3v) is 5.95. The maximum absolute atomic E-state index is 12.6. The van der Waals surface area contributed by atoms with Crippen LogP contribution in [0.1, 0.15) is 36.0 Å². The van der Waals surface area contributed by atoms with Crippen LogP contribution in [0, 0.1) is 23.7 Å². The summed E-state index contributed by atoms with van der Waals surface area (Å²) in [5.74, 6) is -0.606. The standard InChI is InChI=1S/C19H21NO5/c1-24-11-7-5-10(6-8-11)19(23)25-16-12-3-2-4-13(16)15-9-14(12)17(21)20-18(15)22/h5-8,12-16H,2-4,9H2,1H3,(H,20,21,22)/t12-,13+,14+,15-,16?. The molecule has 3 aliphatic rings. The van der Waals surface area contributed by atoms with E-state index in [9.17, 15) is 14.4 Å². The van der Waals surface area contributed by atoms with E-state index in [2.05, 4.69) is 5.32 Å². The Kier molecular flexibility index (Phi) is 3.98. The second-order valence-corrected chi connectivity index (χ2v) is 7.16. The molecule has 6 heteroatoms. The zero-order chi connectivity index (χ0) is 17.6. The zero-order valence-corrected chi connectivity index (χ0v) is 14.1. The summed E-state index contributed by atoms with van der Waals surface area (Å²) >= 11 is 0. The molecule has 3 fully saturated rings. The molecule has 1 aromatic rings. The molecular formula is C19H21NO5. The number of carbonyl (C=O) groups is 3. The summed E-state index contributed by atoms with van der Waals surface area (Å²) in [6.45, 7) is 0. The number of methoxy groups -OCH3 is 1. The molecule has 1 saturated heterocycles. The van der Waals surface area contributed by atoms with Crippen molar-refractivity contribution < 1.29 is 23.9 Å². The van der Waals surface area contributed by atoms with Gasteiger partial charge in [0.1, 0.15) is 11.9 Å². The lowest BCUT2D eigenvalue weighted by Gasteiger charge is -2.50. The van der Waals surface area contributed by atoms with Crippen LogP contribution in [0.15, 0.2) is 24.3 Å². The first kappa shape index (κ1) is 16.1. The summed E-state index contributed by atoms with van der Waals surface area (Å²) in [5, 5.41) is 2.50. The van der Waals surface area contributed by atoms with Crippen LogP contribution in [0.25, 0.3) is 0 Å². The molecule has 5 atom stereocenters. The van der Waals surface area contributed by atoms with Crippen LogP contribution in [0.3, 0.4) is 0 Å². The van der Waals surface area contributed by atoms with E-state index >= 15 is 0 Å². The third-order valence-electron chi connectivity index (χ3n) is 5.95. The molecule has 6 nitrogen and oxygen atoms in total. The van der Waals surface area contributed by atoms with Gasteiger partial charge in [-0.05, 0) is 43.5 Å². The highest BCUT2D eigenvalue weighted by Crippen LogP contribution is 2.49. The number of imide groups is 1. The monoisotopic (exact) mass is 343 g/mol. The molecule has 1 N–H and O–H groups in total. The van der Waals surface area contributed by atoms with Gasteiger partial charge in [-0.2, -0.15) is 0 Å². The van der Waals surface area contributed by atoms with Crippen LogP contribution in [-0.4, -0.2) is 31.0 Å². The Morgan fingerprint density at radius 3 is 2.20 bits per heavy atom. The van der Waals surface area contributed by atoms with E-state index in [1.165, 1.54) is 0 Å². The van der Waals surface area contributed by atoms with E-state index in [0.29, 0.717) is 17.7 Å². The van der Waals surface area contributed by atoms with Crippen LogP contribution >= 0.6 is 0 Å². The van der Waals surface area contributed by atoms with E-state index in [0.717, 1.165) is 19.3 Å². The second-order valence-electron chi connectivity index (χ2n) is 7.16. The first-order chi connectivity index (χ1) is 12.1. The predicted octanol–water partition coefficient (Wildman–Crippen LogP) is 1.93. The van der Waals surface area contributed by atoms with E-state index in [1.807, 2.05) is 0 Å². The summed E-state index contributed by atoms with van der Waals surface area (Å²) in [6, 6.07) is 6.75. The summed E-state index contributed by atoms with van der Waals surface area (Å²) in [4.78, 5) is 37.0. The normalized spacial score (nSPS) is 33.4. The van der Waals surface area contributed by atoms with Crippen molar-refractivity contribution in [3.8, 4) is 5.75 Å². The minimum Gasteiger partial charge on any atom is -0.497 e. The first-order valence-electron chi connectivity index (χ1n) is 8.78. The number of rotatable bonds is 3. The van der Waals surface area contributed by atoms with Crippen molar-refractivity contribution in [3.63, 3.8) is 0 Å². The number of hydrogen-bond acceptors (Lipinski definition) is 5. The van der Waals surface area contributed by atoms with Gasteiger partial charge in [0.2, 0.25) is 11.8 Å². The average molecular weight is 343 g/mol. The Morgan fingerprint density at radius 2 is 1.64 bits per heavy atom. The Hall–Kier alpha value is -2.37. The molecule has 1 aliphatic heterocycles. The number of piperidine rings is 1. The first-order valence-corrected chi connectivity index (χ1v) is 8.78. The molecule has 4 rings (SSSR count). The number of hydrogen-bond donors (Lipinski definition) is 1. The molecule has 2 amide bonds. The predicted molar refractivity (Wildman–Crippen MR) is 87.8 cm³/mol. The highest BCUT2D eigenvalue weighted by molar-refractivity contribution is 6.00. The minimum atomic E-state index is -0.405. The van der Waals surface area contributed by atoms with Gasteiger partial charge in [0, 0.05) is 23.7 Å². The Balaban J connectivity index is 1.57. The van der Waals surface area contributed by atoms with Crippen LogP contribution in [0.5, 0.6) is 5.75 Å². The molecule has 1 unspecified atom stereocenters. The Morgan fingerprint density at radius 1 is 1.04 bits per heavy atom. The maximum Gasteiger partial charge on any atom is 0.338 e. The average Bonchev–Trinajstić information content (AvgIpc) is 2.61. The van der Waals surface area contributed by atoms with Gasteiger partial charge in [-0.3, -0.25) is 14.9 Å². The third kappa shape index (κ3) is 2.69. The topological polar surface area (TPSA) is 81.7 Å². The maximum atomic E-state index is 12.6. The molecule has 1 aromatic carbocycles. The van der Waals surface area contributed by atoms with Crippen molar-refractivity contribution in [2.24, 2.45) is 23.7 Å². The summed E-state index contributed by atoms with van der Waals surface area (Å²) < 4.78 is 10.9. The van der Waals surface area contributed by atoms with Gasteiger partial charge in [0.15, 0.2) is 0 Å². The molecule has 0 spiro atoms. The lowest BCUT2D eigenvalue weighted by Crippen LogP contribution is -2.61. The van der Waals surface area contributed by atoms with Crippen molar-refractivity contribution in [2.75, 3.05) is 7.11 Å². The number of amides is 2. The molecule has 25 heavy (non-hydrogen) atoms. The number of carbonyl (C=O) groups excluding carboxylic acids is 3. The number of nitrogens with one attached hydrogen (secondary N) is 1. The van der Waals surface area contributed by atoms with Crippen molar-refractivity contribution in [1.29, 1.82) is 0 Å². The van der Waals surface area contributed by atoms with Crippen LogP contribution in [0.4, 0.5) is 0 Å². The number of fused-ring (bicyclic) bond motifs is 6. The quantitative estimate of drug-likeness (QED) is 0.670. The van der Waals surface area contributed by atoms with Gasteiger partial charge in [0.05, 0.1) is 12.7 Å². The summed E-state index contributed by atoms with van der Waals surface area (Å²) in [5.41, 5.74) is 0.449. The molecule has 0 aromatic heterocycles. The van der Waals surface area contributed by atoms with Crippen molar-refractivity contribution >= 4 is 17.8 Å². The molecule has 4 bridgehead atoms. The van der Waals surface area contributed by atoms with Crippen molar-refractivity contribution in [3.05, 3.63) is 29.8 Å². The van der Waals surface area contributed by atoms with Gasteiger partial charge in [-0.25, -0.2) is 4.79 Å². The van der Waals surface area contributed by atoms with Gasteiger partial charge >= 0.3 is 5.97 Å². The smallest absolute Gasteiger partial charge is 0.338 e. The zero-order valence-electron chi connectivity index (χ0n) is 14.1. The van der Waals surface area contributed by atoms with E-state index in [-0.39, 0.29) is 41.6 Å². The fourth-order valence-electron chi connectivity index (χ4n) is 4.72. The van der Waals surface area contributed by atoms with Crippen LogP contribution in [0.2, 0.25) is 0 Å². The number of ether oxygens (including phenoxy) is 2. The van der Waals surface area contributed by atoms with Crippen molar-refractivity contribution in [1.82, 2.24) is 5.32 Å². The SMILES string of the molecule is COc1ccc(C(=O)OC2[C@H]3CCC[C@@H]2[C@@H]2C[C@H]3C(=O)NC2=O)cc1. The van der Waals surface area contributed by atoms with Gasteiger partial charge in [-0.15, -0.1) is 0 Å². The summed E-state index contributed by atoms with van der Waals surface area (Å²) in [7, 11) is 1.57. The molecule has 2 aliphatic carbocycles. The lowest BCUT2D eigenvalue weighted by atomic mass is 9.58. The number of esters is 1. The largest absolute Gasteiger partial charge is 0.497 e. The molecule has 1 heterocycles. The van der Waals surface area contributed by atoms with Gasteiger partial charge < -0.3 is 9.47 Å². The Labute approximate surface area is 145 Å². The highest BCUT2D eigenvalue weighted by Gasteiger charge is 2.55. The van der Waals surface area contributed by atoms with Crippen LogP contribution < -0.4 is 10.1 Å². The molecular weight excluding hydrogens is 322 g/mol. The fraction of sp³-hybridized carbons (Fsp3) is 0.526. The van der Waals surface area contributed by atoms with Crippen LogP contribution in [-0.2, 0) is 14.3 Å². The van der Waals surface area contributed by atoms with E-state index in [1.54, 1.807) is 31.4 Å². The van der Waals surface area contributed by atoms with Gasteiger partial charge in [0.25, 0.3) is 0 Å². The fourth-order valence-corrected chi connectivity index (χ4v) is 4.72. The minimum absolute atomic E-state index is 0.00491. The molecule has 2 saturated carbocycles. The Bertz CT molecular complexity index is 685. The van der Waals surface area contributed by atoms with Gasteiger partial charge in [-0.1, -0.05) is 6.42 Å². The molecule has 0 radical (unpaired) electrons. The van der Waals surface area contributed by atoms with Crippen molar-refractivity contribution in [2.45, 2.75) is 31.8 Å². The van der Waals surface area contributed by atoms with E-state index in [4.69, 9.17) is 9.47 Å². The second kappa shape index (κ2) is 6.17.